The summed E-state index contributed by atoms with van der Waals surface area (Å²) in [6.07, 6.45) is 0.342. The fourth-order valence-corrected chi connectivity index (χ4v) is 2.67. The Balaban J connectivity index is 1.90. The van der Waals surface area contributed by atoms with E-state index in [1.807, 2.05) is 24.3 Å². The van der Waals surface area contributed by atoms with Crippen molar-refractivity contribution in [1.29, 1.82) is 0 Å². The summed E-state index contributed by atoms with van der Waals surface area (Å²) in [7, 11) is 0. The van der Waals surface area contributed by atoms with Crippen molar-refractivity contribution in [2.24, 2.45) is 0 Å². The molecule has 1 aromatic rings. The van der Waals surface area contributed by atoms with E-state index in [2.05, 4.69) is 5.32 Å². The minimum absolute atomic E-state index is 0.0452. The number of nitrogens with one attached hydrogen (secondary N) is 1. The summed E-state index contributed by atoms with van der Waals surface area (Å²) in [5, 5.41) is 2.70. The van der Waals surface area contributed by atoms with Gasteiger partial charge in [0.1, 0.15) is 18.4 Å². The molecule has 100 valence electrons. The van der Waals surface area contributed by atoms with Crippen LogP contribution in [0, 0.1) is 0 Å². The third-order valence-electron chi connectivity index (χ3n) is 3.66. The van der Waals surface area contributed by atoms with Crippen molar-refractivity contribution in [2.45, 2.75) is 25.4 Å². The first-order valence-electron chi connectivity index (χ1n) is 6.48. The molecule has 0 aromatic heterocycles. The Morgan fingerprint density at radius 1 is 1.32 bits per heavy atom. The molecule has 19 heavy (non-hydrogen) atoms. The van der Waals surface area contributed by atoms with Crippen molar-refractivity contribution in [2.75, 3.05) is 13.2 Å². The lowest BCUT2D eigenvalue weighted by atomic mass is 10.1. The average molecular weight is 260 g/mol. The van der Waals surface area contributed by atoms with Crippen LogP contribution < -0.4 is 10.1 Å². The number of carbonyl (C=O) groups is 2. The van der Waals surface area contributed by atoms with Gasteiger partial charge < -0.3 is 15.0 Å². The van der Waals surface area contributed by atoms with Gasteiger partial charge in [-0.3, -0.25) is 9.59 Å². The van der Waals surface area contributed by atoms with Crippen LogP contribution in [-0.4, -0.2) is 35.9 Å². The second-order valence-electron chi connectivity index (χ2n) is 4.94. The van der Waals surface area contributed by atoms with E-state index in [1.165, 1.54) is 0 Å². The fourth-order valence-electron chi connectivity index (χ4n) is 2.67. The number of para-hydroxylation sites is 1. The molecule has 2 heterocycles. The summed E-state index contributed by atoms with van der Waals surface area (Å²) in [6.45, 7) is 2.63. The molecule has 0 spiro atoms. The second-order valence-corrected chi connectivity index (χ2v) is 4.94. The van der Waals surface area contributed by atoms with Crippen molar-refractivity contribution in [3.05, 3.63) is 29.8 Å². The molecule has 1 N–H and O–H groups in total. The minimum atomic E-state index is -0.470. The van der Waals surface area contributed by atoms with E-state index in [0.29, 0.717) is 19.6 Å². The minimum Gasteiger partial charge on any atom is -0.491 e. The van der Waals surface area contributed by atoms with Crippen LogP contribution in [-0.2, 0) is 9.59 Å². The van der Waals surface area contributed by atoms with E-state index in [-0.39, 0.29) is 17.9 Å². The Bertz CT molecular complexity index is 529. The smallest absolute Gasteiger partial charge is 0.245 e. The molecule has 1 aromatic carbocycles. The van der Waals surface area contributed by atoms with Gasteiger partial charge in [0, 0.05) is 18.5 Å². The summed E-state index contributed by atoms with van der Waals surface area (Å²) in [5.74, 6) is 0.711. The highest BCUT2D eigenvalue weighted by Crippen LogP contribution is 2.36. The molecule has 0 radical (unpaired) electrons. The van der Waals surface area contributed by atoms with Crippen LogP contribution in [0.3, 0.4) is 0 Å². The lowest BCUT2D eigenvalue weighted by Crippen LogP contribution is -2.44. The molecule has 0 aliphatic carbocycles. The standard InChI is InChI=1S/C14H16N2O3/c1-9-14(18)16(7-6-13(17)15-9)11-8-19-12-5-3-2-4-10(11)12/h2-5,9,11H,6-8H2,1H3,(H,15,17). The maximum atomic E-state index is 12.3. The Morgan fingerprint density at radius 3 is 2.95 bits per heavy atom. The predicted octanol–water partition coefficient (Wildman–Crippen LogP) is 0.857. The number of ether oxygens (including phenoxy) is 1. The number of nitrogens with zero attached hydrogens (tertiary/aromatic N) is 1. The summed E-state index contributed by atoms with van der Waals surface area (Å²) in [4.78, 5) is 25.6. The molecule has 0 bridgehead atoms. The summed E-state index contributed by atoms with van der Waals surface area (Å²) < 4.78 is 5.62. The lowest BCUT2D eigenvalue weighted by molar-refractivity contribution is -0.135. The molecule has 2 aliphatic rings. The molecular weight excluding hydrogens is 244 g/mol. The van der Waals surface area contributed by atoms with Gasteiger partial charge in [0.25, 0.3) is 0 Å². The molecule has 3 rings (SSSR count). The fraction of sp³-hybridized carbons (Fsp3) is 0.429. The number of fused-ring (bicyclic) bond motifs is 1. The number of carbonyl (C=O) groups excluding carboxylic acids is 2. The van der Waals surface area contributed by atoms with Crippen LogP contribution in [0.15, 0.2) is 24.3 Å². The van der Waals surface area contributed by atoms with Gasteiger partial charge in [-0.1, -0.05) is 18.2 Å². The summed E-state index contributed by atoms with van der Waals surface area (Å²) in [5.41, 5.74) is 1.03. The maximum Gasteiger partial charge on any atom is 0.245 e. The van der Waals surface area contributed by atoms with Crippen LogP contribution in [0.1, 0.15) is 24.9 Å². The van der Waals surface area contributed by atoms with Crippen molar-refractivity contribution in [3.63, 3.8) is 0 Å². The van der Waals surface area contributed by atoms with Gasteiger partial charge >= 0.3 is 0 Å². The Labute approximate surface area is 111 Å². The molecule has 1 fully saturated rings. The van der Waals surface area contributed by atoms with Crippen molar-refractivity contribution in [1.82, 2.24) is 10.2 Å². The molecule has 2 aliphatic heterocycles. The Kier molecular flexibility index (Phi) is 2.89. The molecule has 1 saturated heterocycles. The quantitative estimate of drug-likeness (QED) is 0.814. The zero-order chi connectivity index (χ0) is 13.4. The number of amides is 2. The molecule has 2 unspecified atom stereocenters. The lowest BCUT2D eigenvalue weighted by Gasteiger charge is -2.27. The van der Waals surface area contributed by atoms with E-state index in [1.54, 1.807) is 11.8 Å². The zero-order valence-corrected chi connectivity index (χ0v) is 10.8. The SMILES string of the molecule is CC1NC(=O)CCN(C2COc3ccccc32)C1=O. The highest BCUT2D eigenvalue weighted by molar-refractivity contribution is 5.90. The van der Waals surface area contributed by atoms with Gasteiger partial charge in [0.2, 0.25) is 11.8 Å². The van der Waals surface area contributed by atoms with Crippen molar-refractivity contribution in [3.8, 4) is 5.75 Å². The van der Waals surface area contributed by atoms with Gasteiger partial charge in [-0.2, -0.15) is 0 Å². The largest absolute Gasteiger partial charge is 0.491 e. The number of rotatable bonds is 1. The number of benzene rings is 1. The topological polar surface area (TPSA) is 58.6 Å². The Morgan fingerprint density at radius 2 is 2.11 bits per heavy atom. The van der Waals surface area contributed by atoms with Gasteiger partial charge in [-0.15, -0.1) is 0 Å². The van der Waals surface area contributed by atoms with E-state index in [9.17, 15) is 9.59 Å². The van der Waals surface area contributed by atoms with Gasteiger partial charge in [0.15, 0.2) is 0 Å². The van der Waals surface area contributed by atoms with Gasteiger partial charge in [0.05, 0.1) is 6.04 Å². The highest BCUT2D eigenvalue weighted by Gasteiger charge is 2.36. The molecule has 5 nitrogen and oxygen atoms in total. The normalized spacial score (nSPS) is 26.5. The number of hydrogen-bond acceptors (Lipinski definition) is 3. The molecule has 0 saturated carbocycles. The van der Waals surface area contributed by atoms with Gasteiger partial charge in [-0.25, -0.2) is 0 Å². The van der Waals surface area contributed by atoms with E-state index in [4.69, 9.17) is 4.74 Å². The zero-order valence-electron chi connectivity index (χ0n) is 10.8. The van der Waals surface area contributed by atoms with Gasteiger partial charge in [-0.05, 0) is 13.0 Å². The molecule has 2 atom stereocenters. The summed E-state index contributed by atoms with van der Waals surface area (Å²) in [6, 6.07) is 7.19. The van der Waals surface area contributed by atoms with Crippen LogP contribution in [0.2, 0.25) is 0 Å². The third-order valence-corrected chi connectivity index (χ3v) is 3.66. The molecule has 5 heteroatoms. The predicted molar refractivity (Wildman–Crippen MR) is 68.6 cm³/mol. The van der Waals surface area contributed by atoms with Crippen LogP contribution in [0.5, 0.6) is 5.75 Å². The van der Waals surface area contributed by atoms with Crippen LogP contribution >= 0.6 is 0 Å². The molecular formula is C14H16N2O3. The monoisotopic (exact) mass is 260 g/mol. The molecule has 2 amide bonds. The first-order valence-corrected chi connectivity index (χ1v) is 6.48. The second kappa shape index (κ2) is 4.57. The number of hydrogen-bond donors (Lipinski definition) is 1. The maximum absolute atomic E-state index is 12.3. The third kappa shape index (κ3) is 2.05. The average Bonchev–Trinajstić information content (AvgIpc) is 2.77. The first-order chi connectivity index (χ1) is 9.16. The first kappa shape index (κ1) is 12.0. The van der Waals surface area contributed by atoms with E-state index < -0.39 is 6.04 Å². The van der Waals surface area contributed by atoms with E-state index >= 15 is 0 Å². The summed E-state index contributed by atoms with van der Waals surface area (Å²) >= 11 is 0. The highest BCUT2D eigenvalue weighted by atomic mass is 16.5. The van der Waals surface area contributed by atoms with Crippen LogP contribution in [0.4, 0.5) is 0 Å². The van der Waals surface area contributed by atoms with E-state index in [0.717, 1.165) is 11.3 Å². The van der Waals surface area contributed by atoms with Crippen molar-refractivity contribution < 1.29 is 14.3 Å². The van der Waals surface area contributed by atoms with Crippen molar-refractivity contribution >= 4 is 11.8 Å². The Hall–Kier alpha value is -2.04. The van der Waals surface area contributed by atoms with Crippen LogP contribution in [0.25, 0.3) is 0 Å².